The molecule has 26 heavy (non-hydrogen) atoms. The molecule has 1 N–H and O–H groups in total. The third-order valence-corrected chi connectivity index (χ3v) is 4.71. The van der Waals surface area contributed by atoms with Crippen LogP contribution in [0.25, 0.3) is 0 Å². The molecular formula is C20H21BrO5. The highest BCUT2D eigenvalue weighted by Crippen LogP contribution is 2.30. The van der Waals surface area contributed by atoms with Crippen LogP contribution in [0.5, 0.6) is 11.5 Å². The van der Waals surface area contributed by atoms with Crippen LogP contribution >= 0.6 is 15.9 Å². The van der Waals surface area contributed by atoms with E-state index in [4.69, 9.17) is 14.6 Å². The SMILES string of the molecule is CCC(C)c1ccccc1OC(C)C(=O)Oc1ccc(C(=O)O)cc1Br. The Labute approximate surface area is 161 Å². The van der Waals surface area contributed by atoms with E-state index in [9.17, 15) is 9.59 Å². The molecule has 0 spiro atoms. The van der Waals surface area contributed by atoms with Gasteiger partial charge in [-0.2, -0.15) is 0 Å². The monoisotopic (exact) mass is 420 g/mol. The molecule has 6 heteroatoms. The van der Waals surface area contributed by atoms with Gasteiger partial charge < -0.3 is 14.6 Å². The average Bonchev–Trinajstić information content (AvgIpc) is 2.62. The lowest BCUT2D eigenvalue weighted by Gasteiger charge is -2.19. The smallest absolute Gasteiger partial charge is 0.352 e. The minimum absolute atomic E-state index is 0.100. The quantitative estimate of drug-likeness (QED) is 0.501. The highest BCUT2D eigenvalue weighted by atomic mass is 79.9. The molecule has 0 heterocycles. The van der Waals surface area contributed by atoms with Crippen molar-refractivity contribution in [1.29, 1.82) is 0 Å². The van der Waals surface area contributed by atoms with Crippen LogP contribution in [0.4, 0.5) is 0 Å². The molecule has 2 aromatic rings. The fourth-order valence-electron chi connectivity index (χ4n) is 2.36. The van der Waals surface area contributed by atoms with Gasteiger partial charge in [0, 0.05) is 0 Å². The van der Waals surface area contributed by atoms with Crippen molar-refractivity contribution in [2.24, 2.45) is 0 Å². The zero-order chi connectivity index (χ0) is 19.3. The van der Waals surface area contributed by atoms with Gasteiger partial charge in [-0.05, 0) is 65.0 Å². The molecule has 0 radical (unpaired) electrons. The summed E-state index contributed by atoms with van der Waals surface area (Å²) in [6, 6.07) is 11.8. The van der Waals surface area contributed by atoms with Gasteiger partial charge in [0.2, 0.25) is 0 Å². The van der Waals surface area contributed by atoms with Crippen LogP contribution < -0.4 is 9.47 Å². The van der Waals surface area contributed by atoms with Gasteiger partial charge >= 0.3 is 11.9 Å². The molecule has 0 amide bonds. The van der Waals surface area contributed by atoms with Crippen molar-refractivity contribution in [2.45, 2.75) is 39.2 Å². The van der Waals surface area contributed by atoms with Crippen LogP contribution in [0.15, 0.2) is 46.9 Å². The number of hydrogen-bond donors (Lipinski definition) is 1. The molecule has 0 aliphatic carbocycles. The standard InChI is InChI=1S/C20H21BrO5/c1-4-12(2)15-7-5-6-8-17(15)25-13(3)20(24)26-18-10-9-14(19(22)23)11-16(18)21/h5-13H,4H2,1-3H3,(H,22,23). The van der Waals surface area contributed by atoms with Gasteiger partial charge in [0.1, 0.15) is 11.5 Å². The van der Waals surface area contributed by atoms with Crippen LogP contribution in [0, 0.1) is 0 Å². The van der Waals surface area contributed by atoms with Gasteiger partial charge in [0.05, 0.1) is 10.0 Å². The number of ether oxygens (including phenoxy) is 2. The fourth-order valence-corrected chi connectivity index (χ4v) is 2.82. The van der Waals surface area contributed by atoms with Crippen molar-refractivity contribution < 1.29 is 24.2 Å². The van der Waals surface area contributed by atoms with Gasteiger partial charge in [-0.1, -0.05) is 32.0 Å². The summed E-state index contributed by atoms with van der Waals surface area (Å²) < 4.78 is 11.5. The zero-order valence-corrected chi connectivity index (χ0v) is 16.4. The summed E-state index contributed by atoms with van der Waals surface area (Å²) in [5.74, 6) is -0.404. The van der Waals surface area contributed by atoms with Gasteiger partial charge in [0.15, 0.2) is 6.10 Å². The number of halogens is 1. The summed E-state index contributed by atoms with van der Waals surface area (Å²) in [5.41, 5.74) is 1.14. The summed E-state index contributed by atoms with van der Waals surface area (Å²) in [6.45, 7) is 5.82. The topological polar surface area (TPSA) is 72.8 Å². The summed E-state index contributed by atoms with van der Waals surface area (Å²) >= 11 is 3.22. The van der Waals surface area contributed by atoms with E-state index < -0.39 is 18.0 Å². The second-order valence-corrected chi connectivity index (χ2v) is 6.83. The Morgan fingerprint density at radius 1 is 1.12 bits per heavy atom. The predicted octanol–water partition coefficient (Wildman–Crippen LogP) is 5.03. The Morgan fingerprint density at radius 2 is 1.81 bits per heavy atom. The largest absolute Gasteiger partial charge is 0.479 e. The van der Waals surface area contributed by atoms with Crippen molar-refractivity contribution >= 4 is 27.9 Å². The fraction of sp³-hybridized carbons (Fsp3) is 0.300. The number of rotatable bonds is 7. The predicted molar refractivity (Wildman–Crippen MR) is 102 cm³/mol. The highest BCUT2D eigenvalue weighted by molar-refractivity contribution is 9.10. The van der Waals surface area contributed by atoms with Crippen molar-refractivity contribution in [3.8, 4) is 11.5 Å². The van der Waals surface area contributed by atoms with Crippen LogP contribution in [0.3, 0.4) is 0 Å². The maximum atomic E-state index is 12.4. The first-order valence-electron chi connectivity index (χ1n) is 8.33. The van der Waals surface area contributed by atoms with Crippen molar-refractivity contribution in [2.75, 3.05) is 0 Å². The lowest BCUT2D eigenvalue weighted by Crippen LogP contribution is -2.29. The number of carbonyl (C=O) groups excluding carboxylic acids is 1. The van der Waals surface area contributed by atoms with Crippen LogP contribution in [0.2, 0.25) is 0 Å². The van der Waals surface area contributed by atoms with E-state index in [1.54, 1.807) is 6.92 Å². The number of carboxylic acids is 1. The third kappa shape index (κ3) is 4.85. The molecule has 2 rings (SSSR count). The number of aromatic carboxylic acids is 1. The highest BCUT2D eigenvalue weighted by Gasteiger charge is 2.21. The average molecular weight is 421 g/mol. The Bertz CT molecular complexity index is 803. The molecule has 2 atom stereocenters. The number of para-hydroxylation sites is 1. The minimum Gasteiger partial charge on any atom is -0.479 e. The molecule has 0 aliphatic heterocycles. The molecule has 2 unspecified atom stereocenters. The molecule has 0 saturated carbocycles. The number of hydrogen-bond acceptors (Lipinski definition) is 4. The van der Waals surface area contributed by atoms with E-state index in [0.717, 1.165) is 12.0 Å². The zero-order valence-electron chi connectivity index (χ0n) is 14.9. The van der Waals surface area contributed by atoms with Gasteiger partial charge in [-0.15, -0.1) is 0 Å². The molecule has 5 nitrogen and oxygen atoms in total. The summed E-state index contributed by atoms with van der Waals surface area (Å²) in [6.07, 6.45) is 0.147. The second-order valence-electron chi connectivity index (χ2n) is 5.98. The summed E-state index contributed by atoms with van der Waals surface area (Å²) in [7, 11) is 0. The molecule has 0 bridgehead atoms. The lowest BCUT2D eigenvalue weighted by atomic mass is 9.98. The van der Waals surface area contributed by atoms with E-state index in [-0.39, 0.29) is 11.3 Å². The maximum absolute atomic E-state index is 12.4. The lowest BCUT2D eigenvalue weighted by molar-refractivity contribution is -0.141. The van der Waals surface area contributed by atoms with E-state index >= 15 is 0 Å². The Hall–Kier alpha value is -2.34. The first kappa shape index (κ1) is 20.0. The Kier molecular flexibility index (Phi) is 6.80. The number of esters is 1. The van der Waals surface area contributed by atoms with Gasteiger partial charge in [-0.3, -0.25) is 0 Å². The Balaban J connectivity index is 2.10. The normalized spacial score (nSPS) is 12.9. The van der Waals surface area contributed by atoms with Crippen molar-refractivity contribution in [1.82, 2.24) is 0 Å². The minimum atomic E-state index is -1.05. The third-order valence-electron chi connectivity index (χ3n) is 4.09. The number of benzene rings is 2. The maximum Gasteiger partial charge on any atom is 0.352 e. The van der Waals surface area contributed by atoms with Crippen LogP contribution in [0.1, 0.15) is 49.0 Å². The van der Waals surface area contributed by atoms with Crippen molar-refractivity contribution in [3.05, 3.63) is 58.1 Å². The van der Waals surface area contributed by atoms with Gasteiger partial charge in [0.25, 0.3) is 0 Å². The van der Waals surface area contributed by atoms with Gasteiger partial charge in [-0.25, -0.2) is 9.59 Å². The molecular weight excluding hydrogens is 400 g/mol. The van der Waals surface area contributed by atoms with E-state index in [1.165, 1.54) is 18.2 Å². The molecule has 0 aromatic heterocycles. The van der Waals surface area contributed by atoms with E-state index in [1.807, 2.05) is 24.3 Å². The van der Waals surface area contributed by atoms with E-state index in [2.05, 4.69) is 29.8 Å². The Morgan fingerprint density at radius 3 is 2.42 bits per heavy atom. The number of carbonyl (C=O) groups is 2. The summed E-state index contributed by atoms with van der Waals surface area (Å²) in [5, 5.41) is 8.98. The van der Waals surface area contributed by atoms with Crippen molar-refractivity contribution in [3.63, 3.8) is 0 Å². The molecule has 138 valence electrons. The molecule has 2 aromatic carbocycles. The molecule has 0 saturated heterocycles. The first-order chi connectivity index (χ1) is 12.3. The van der Waals surface area contributed by atoms with Crippen LogP contribution in [-0.4, -0.2) is 23.1 Å². The molecule has 0 fully saturated rings. The number of carboxylic acid groups (broad SMARTS) is 1. The summed E-state index contributed by atoms with van der Waals surface area (Å²) in [4.78, 5) is 23.3. The first-order valence-corrected chi connectivity index (χ1v) is 9.12. The van der Waals surface area contributed by atoms with E-state index in [0.29, 0.717) is 16.1 Å². The molecule has 0 aliphatic rings. The second kappa shape index (κ2) is 8.85. The van der Waals surface area contributed by atoms with Crippen LogP contribution in [-0.2, 0) is 4.79 Å².